The zero-order valence-electron chi connectivity index (χ0n) is 8.94. The molecule has 7 heteroatoms. The number of hydrogen-bond donors (Lipinski definition) is 1. The van der Waals surface area contributed by atoms with Gasteiger partial charge in [0, 0.05) is 6.54 Å². The third-order valence-corrected chi connectivity index (χ3v) is 3.17. The standard InChI is InChI=1S/C11H7BrFNO4/c12-6-3-5-8(4-7(6)13)14(2-1-9(15)16)11(18)10(5)17/h3-4H,1-2H2,(H,15,16). The molecule has 0 spiro atoms. The highest BCUT2D eigenvalue weighted by atomic mass is 79.9. The Bertz CT molecular complexity index is 572. The lowest BCUT2D eigenvalue weighted by molar-refractivity contribution is -0.136. The maximum absolute atomic E-state index is 13.4. The molecule has 0 radical (unpaired) electrons. The number of carbonyl (C=O) groups excluding carboxylic acids is 2. The highest BCUT2D eigenvalue weighted by Crippen LogP contribution is 2.33. The number of anilines is 1. The normalized spacial score (nSPS) is 14.0. The van der Waals surface area contributed by atoms with Gasteiger partial charge in [-0.25, -0.2) is 4.39 Å². The highest BCUT2D eigenvalue weighted by molar-refractivity contribution is 9.10. The molecule has 1 N–H and O–H groups in total. The van der Waals surface area contributed by atoms with Gasteiger partial charge < -0.3 is 10.0 Å². The van der Waals surface area contributed by atoms with E-state index < -0.39 is 23.5 Å². The summed E-state index contributed by atoms with van der Waals surface area (Å²) in [6, 6.07) is 2.27. The molecule has 1 aliphatic heterocycles. The Labute approximate surface area is 109 Å². The Morgan fingerprint density at radius 1 is 1.39 bits per heavy atom. The highest BCUT2D eigenvalue weighted by Gasteiger charge is 2.36. The Kier molecular flexibility index (Phi) is 3.16. The number of carboxylic acids is 1. The van der Waals surface area contributed by atoms with E-state index >= 15 is 0 Å². The topological polar surface area (TPSA) is 74.7 Å². The summed E-state index contributed by atoms with van der Waals surface area (Å²) in [6.45, 7) is -0.159. The van der Waals surface area contributed by atoms with Crippen LogP contribution in [0, 0.1) is 5.82 Å². The molecule has 0 saturated heterocycles. The molecule has 0 bridgehead atoms. The Hall–Kier alpha value is -1.76. The van der Waals surface area contributed by atoms with Crippen molar-refractivity contribution in [1.29, 1.82) is 0 Å². The van der Waals surface area contributed by atoms with Crippen LogP contribution in [0.15, 0.2) is 16.6 Å². The predicted octanol–water partition coefficient (Wildman–Crippen LogP) is 1.59. The second-order valence-electron chi connectivity index (χ2n) is 3.71. The Morgan fingerprint density at radius 3 is 2.67 bits per heavy atom. The third kappa shape index (κ3) is 2.01. The minimum atomic E-state index is -1.10. The number of benzene rings is 1. The van der Waals surface area contributed by atoms with E-state index in [0.29, 0.717) is 0 Å². The van der Waals surface area contributed by atoms with Gasteiger partial charge in [0.2, 0.25) is 0 Å². The largest absolute Gasteiger partial charge is 0.481 e. The molecule has 1 aliphatic rings. The van der Waals surface area contributed by atoms with E-state index in [4.69, 9.17) is 5.11 Å². The van der Waals surface area contributed by atoms with Crippen LogP contribution in [0.5, 0.6) is 0 Å². The van der Waals surface area contributed by atoms with Gasteiger partial charge in [0.15, 0.2) is 0 Å². The van der Waals surface area contributed by atoms with Gasteiger partial charge in [-0.2, -0.15) is 0 Å². The van der Waals surface area contributed by atoms with Crippen LogP contribution in [0.4, 0.5) is 10.1 Å². The number of hydrogen-bond acceptors (Lipinski definition) is 3. The smallest absolute Gasteiger partial charge is 0.305 e. The van der Waals surface area contributed by atoms with Crippen LogP contribution >= 0.6 is 15.9 Å². The first-order chi connectivity index (χ1) is 8.41. The van der Waals surface area contributed by atoms with Crippen molar-refractivity contribution in [2.24, 2.45) is 0 Å². The number of Topliss-reactive ketones (excluding diaryl/α,β-unsaturated/α-hetero) is 1. The van der Waals surface area contributed by atoms with E-state index in [-0.39, 0.29) is 28.7 Å². The van der Waals surface area contributed by atoms with Crippen LogP contribution in [-0.2, 0) is 9.59 Å². The molecule has 0 atom stereocenters. The van der Waals surface area contributed by atoms with Crippen molar-refractivity contribution in [1.82, 2.24) is 0 Å². The first kappa shape index (κ1) is 12.7. The number of rotatable bonds is 3. The van der Waals surface area contributed by atoms with Gasteiger partial charge in [0.25, 0.3) is 11.7 Å². The molecular formula is C11H7BrFNO4. The molecule has 0 unspecified atom stereocenters. The van der Waals surface area contributed by atoms with Crippen molar-refractivity contribution in [3.8, 4) is 0 Å². The molecule has 1 aromatic carbocycles. The van der Waals surface area contributed by atoms with E-state index in [1.54, 1.807) is 0 Å². The lowest BCUT2D eigenvalue weighted by atomic mass is 10.1. The average Bonchev–Trinajstić information content (AvgIpc) is 2.51. The summed E-state index contributed by atoms with van der Waals surface area (Å²) in [5.41, 5.74) is 0.200. The van der Waals surface area contributed by atoms with E-state index in [9.17, 15) is 18.8 Å². The molecule has 0 aromatic heterocycles. The summed E-state index contributed by atoms with van der Waals surface area (Å²) < 4.78 is 13.5. The van der Waals surface area contributed by atoms with Crippen LogP contribution in [0.25, 0.3) is 0 Å². The number of amides is 1. The van der Waals surface area contributed by atoms with E-state index in [1.807, 2.05) is 0 Å². The summed E-state index contributed by atoms with van der Waals surface area (Å²) in [6.07, 6.45) is -0.309. The summed E-state index contributed by atoms with van der Waals surface area (Å²) in [4.78, 5) is 34.7. The van der Waals surface area contributed by atoms with E-state index in [0.717, 1.165) is 11.0 Å². The lowest BCUT2D eigenvalue weighted by Crippen LogP contribution is -2.31. The summed E-state index contributed by atoms with van der Waals surface area (Å²) in [5, 5.41) is 8.57. The molecule has 18 heavy (non-hydrogen) atoms. The van der Waals surface area contributed by atoms with Gasteiger partial charge in [0.05, 0.1) is 22.1 Å². The maximum Gasteiger partial charge on any atom is 0.305 e. The summed E-state index contributed by atoms with van der Waals surface area (Å²) >= 11 is 2.93. The lowest BCUT2D eigenvalue weighted by Gasteiger charge is -2.15. The van der Waals surface area contributed by atoms with Gasteiger partial charge in [0.1, 0.15) is 5.82 Å². The van der Waals surface area contributed by atoms with Crippen LogP contribution in [0.3, 0.4) is 0 Å². The number of aliphatic carboxylic acids is 1. The van der Waals surface area contributed by atoms with Crippen molar-refractivity contribution >= 4 is 39.3 Å². The second-order valence-corrected chi connectivity index (χ2v) is 4.57. The Balaban J connectivity index is 2.41. The minimum absolute atomic E-state index is 0.0821. The SMILES string of the molecule is O=C(O)CCN1C(=O)C(=O)c2cc(Br)c(F)cc21. The van der Waals surface area contributed by atoms with E-state index in [2.05, 4.69) is 15.9 Å². The monoisotopic (exact) mass is 315 g/mol. The predicted molar refractivity (Wildman–Crippen MR) is 63.0 cm³/mol. The van der Waals surface area contributed by atoms with Crippen molar-refractivity contribution in [2.75, 3.05) is 11.4 Å². The van der Waals surface area contributed by atoms with Crippen LogP contribution in [0.1, 0.15) is 16.8 Å². The van der Waals surface area contributed by atoms with Gasteiger partial charge in [-0.1, -0.05) is 0 Å². The molecule has 0 saturated carbocycles. The number of fused-ring (bicyclic) bond motifs is 1. The molecule has 94 valence electrons. The first-order valence-electron chi connectivity index (χ1n) is 4.99. The van der Waals surface area contributed by atoms with Crippen molar-refractivity contribution in [3.05, 3.63) is 28.0 Å². The van der Waals surface area contributed by atoms with Gasteiger partial charge in [-0.3, -0.25) is 14.4 Å². The Morgan fingerprint density at radius 2 is 2.06 bits per heavy atom. The maximum atomic E-state index is 13.4. The van der Waals surface area contributed by atoms with Crippen molar-refractivity contribution in [2.45, 2.75) is 6.42 Å². The molecule has 0 aliphatic carbocycles. The fourth-order valence-electron chi connectivity index (χ4n) is 1.72. The van der Waals surface area contributed by atoms with Crippen LogP contribution in [-0.4, -0.2) is 29.3 Å². The van der Waals surface area contributed by atoms with Gasteiger partial charge >= 0.3 is 5.97 Å². The number of nitrogens with zero attached hydrogens (tertiary/aromatic N) is 1. The van der Waals surface area contributed by atoms with Gasteiger partial charge in [-0.05, 0) is 28.1 Å². The molecule has 0 fully saturated rings. The zero-order chi connectivity index (χ0) is 13.4. The summed E-state index contributed by atoms with van der Waals surface area (Å²) in [5.74, 6) is -3.29. The molecule has 2 rings (SSSR count). The first-order valence-corrected chi connectivity index (χ1v) is 5.78. The summed E-state index contributed by atoms with van der Waals surface area (Å²) in [7, 11) is 0. The molecule has 1 amide bonds. The average molecular weight is 316 g/mol. The number of carboxylic acid groups (broad SMARTS) is 1. The minimum Gasteiger partial charge on any atom is -0.481 e. The van der Waals surface area contributed by atoms with E-state index in [1.165, 1.54) is 6.07 Å². The number of carbonyl (C=O) groups is 3. The van der Waals surface area contributed by atoms with Crippen LogP contribution in [0.2, 0.25) is 0 Å². The second kappa shape index (κ2) is 4.49. The van der Waals surface area contributed by atoms with Crippen molar-refractivity contribution < 1.29 is 23.9 Å². The van der Waals surface area contributed by atoms with Crippen molar-refractivity contribution in [3.63, 3.8) is 0 Å². The third-order valence-electron chi connectivity index (χ3n) is 2.56. The molecule has 1 heterocycles. The quantitative estimate of drug-likeness (QED) is 0.860. The zero-order valence-corrected chi connectivity index (χ0v) is 10.5. The fraction of sp³-hybridized carbons (Fsp3) is 0.182. The van der Waals surface area contributed by atoms with Crippen LogP contribution < -0.4 is 4.90 Å². The molecule has 1 aromatic rings. The molecule has 5 nitrogen and oxygen atoms in total. The van der Waals surface area contributed by atoms with Gasteiger partial charge in [-0.15, -0.1) is 0 Å². The fourth-order valence-corrected chi connectivity index (χ4v) is 2.06. The number of halogens is 2. The molecular weight excluding hydrogens is 309 g/mol. The number of ketones is 1.